The number of guanidine groups is 1. The van der Waals surface area contributed by atoms with Crippen LogP contribution in [0.25, 0.3) is 0 Å². The normalized spacial score (nSPS) is 10.9. The molecule has 0 amide bonds. The topological polar surface area (TPSA) is 36.4 Å². The molecule has 19 heavy (non-hydrogen) atoms. The second kappa shape index (κ2) is 8.09. The summed E-state index contributed by atoms with van der Waals surface area (Å²) in [5.74, 6) is 2.14. The highest BCUT2D eigenvalue weighted by atomic mass is 19.1. The van der Waals surface area contributed by atoms with E-state index in [2.05, 4.69) is 21.5 Å². The second-order valence-corrected chi connectivity index (χ2v) is 3.80. The van der Waals surface area contributed by atoms with Gasteiger partial charge in [0.25, 0.3) is 0 Å². The van der Waals surface area contributed by atoms with Gasteiger partial charge in [0.1, 0.15) is 11.6 Å². The van der Waals surface area contributed by atoms with Crippen LogP contribution in [0.3, 0.4) is 0 Å². The lowest BCUT2D eigenvalue weighted by Gasteiger charge is -2.08. The van der Waals surface area contributed by atoms with Crippen molar-refractivity contribution in [2.45, 2.75) is 13.3 Å². The average molecular weight is 265 g/mol. The minimum absolute atomic E-state index is 0.316. The highest BCUT2D eigenvalue weighted by Crippen LogP contribution is 2.10. The van der Waals surface area contributed by atoms with Crippen molar-refractivity contribution < 1.29 is 8.78 Å². The first-order valence-electron chi connectivity index (χ1n) is 6.07. The SMILES string of the molecule is C#CCNC(=NCCc1cc(F)ccc1F)NCC. The number of halogens is 2. The lowest BCUT2D eigenvalue weighted by atomic mass is 10.1. The Kier molecular flexibility index (Phi) is 6.37. The van der Waals surface area contributed by atoms with Crippen molar-refractivity contribution in [3.8, 4) is 12.3 Å². The number of rotatable bonds is 5. The minimum atomic E-state index is -0.447. The van der Waals surface area contributed by atoms with Crippen molar-refractivity contribution in [3.63, 3.8) is 0 Å². The molecule has 3 nitrogen and oxygen atoms in total. The Morgan fingerprint density at radius 2 is 2.16 bits per heavy atom. The summed E-state index contributed by atoms with van der Waals surface area (Å²) in [5.41, 5.74) is 0.316. The molecule has 0 unspecified atom stereocenters. The maximum atomic E-state index is 13.4. The van der Waals surface area contributed by atoms with E-state index < -0.39 is 11.6 Å². The van der Waals surface area contributed by atoms with Crippen molar-refractivity contribution in [1.29, 1.82) is 0 Å². The monoisotopic (exact) mass is 265 g/mol. The molecule has 0 saturated heterocycles. The van der Waals surface area contributed by atoms with Crippen LogP contribution in [0, 0.1) is 24.0 Å². The zero-order chi connectivity index (χ0) is 14.1. The van der Waals surface area contributed by atoms with Gasteiger partial charge in [-0.3, -0.25) is 4.99 Å². The highest BCUT2D eigenvalue weighted by Gasteiger charge is 2.03. The Bertz CT molecular complexity index is 478. The van der Waals surface area contributed by atoms with Gasteiger partial charge >= 0.3 is 0 Å². The third-order valence-electron chi connectivity index (χ3n) is 2.36. The van der Waals surface area contributed by atoms with Gasteiger partial charge in [-0.25, -0.2) is 8.78 Å². The van der Waals surface area contributed by atoms with E-state index in [1.54, 1.807) is 0 Å². The van der Waals surface area contributed by atoms with Crippen LogP contribution in [0.2, 0.25) is 0 Å². The molecule has 0 radical (unpaired) electrons. The largest absolute Gasteiger partial charge is 0.357 e. The molecule has 5 heteroatoms. The van der Waals surface area contributed by atoms with Gasteiger partial charge in [0, 0.05) is 13.1 Å². The molecule has 0 aromatic heterocycles. The number of aliphatic imine (C=N–C) groups is 1. The van der Waals surface area contributed by atoms with E-state index >= 15 is 0 Å². The van der Waals surface area contributed by atoms with Crippen LogP contribution < -0.4 is 10.6 Å². The predicted octanol–water partition coefficient (Wildman–Crippen LogP) is 1.70. The fourth-order valence-electron chi connectivity index (χ4n) is 1.50. The van der Waals surface area contributed by atoms with Gasteiger partial charge in [-0.1, -0.05) is 5.92 Å². The molecule has 102 valence electrons. The molecule has 0 fully saturated rings. The molecule has 0 saturated carbocycles. The third kappa shape index (κ3) is 5.38. The van der Waals surface area contributed by atoms with Crippen molar-refractivity contribution in [2.75, 3.05) is 19.6 Å². The zero-order valence-corrected chi connectivity index (χ0v) is 10.8. The van der Waals surface area contributed by atoms with Gasteiger partial charge in [0.2, 0.25) is 0 Å². The van der Waals surface area contributed by atoms with Crippen LogP contribution in [0.1, 0.15) is 12.5 Å². The first kappa shape index (κ1) is 15.0. The van der Waals surface area contributed by atoms with Crippen molar-refractivity contribution in [3.05, 3.63) is 35.4 Å². The fraction of sp³-hybridized carbons (Fsp3) is 0.357. The van der Waals surface area contributed by atoms with Crippen LogP contribution in [-0.2, 0) is 6.42 Å². The van der Waals surface area contributed by atoms with Crippen molar-refractivity contribution >= 4 is 5.96 Å². The van der Waals surface area contributed by atoms with Crippen molar-refractivity contribution in [1.82, 2.24) is 10.6 Å². The van der Waals surface area contributed by atoms with Gasteiger partial charge in [0.05, 0.1) is 6.54 Å². The summed E-state index contributed by atoms with van der Waals surface area (Å²) in [4.78, 5) is 4.23. The standard InChI is InChI=1S/C14H17F2N3/c1-3-8-18-14(17-4-2)19-9-7-11-10-12(15)5-6-13(11)16/h1,5-6,10H,4,7-9H2,2H3,(H2,17,18,19). The quantitative estimate of drug-likeness (QED) is 0.483. The maximum absolute atomic E-state index is 13.4. The van der Waals surface area contributed by atoms with E-state index in [0.717, 1.165) is 12.1 Å². The lowest BCUT2D eigenvalue weighted by molar-refractivity contribution is 0.585. The summed E-state index contributed by atoms with van der Waals surface area (Å²) in [6.45, 7) is 3.34. The molecule has 0 aliphatic heterocycles. The second-order valence-electron chi connectivity index (χ2n) is 3.80. The van der Waals surface area contributed by atoms with Crippen LogP contribution in [-0.4, -0.2) is 25.6 Å². The molecule has 0 bridgehead atoms. The van der Waals surface area contributed by atoms with Crippen LogP contribution in [0.4, 0.5) is 8.78 Å². The number of hydrogen-bond donors (Lipinski definition) is 2. The highest BCUT2D eigenvalue weighted by molar-refractivity contribution is 5.79. The summed E-state index contributed by atoms with van der Waals surface area (Å²) in [7, 11) is 0. The molecular weight excluding hydrogens is 248 g/mol. The Hall–Kier alpha value is -2.09. The Morgan fingerprint density at radius 1 is 1.37 bits per heavy atom. The first-order valence-corrected chi connectivity index (χ1v) is 6.07. The summed E-state index contributed by atoms with van der Waals surface area (Å²) in [6.07, 6.45) is 5.47. The average Bonchev–Trinajstić information content (AvgIpc) is 2.40. The maximum Gasteiger partial charge on any atom is 0.192 e. The summed E-state index contributed by atoms with van der Waals surface area (Å²) < 4.78 is 26.3. The fourth-order valence-corrected chi connectivity index (χ4v) is 1.50. The zero-order valence-electron chi connectivity index (χ0n) is 10.8. The number of hydrogen-bond acceptors (Lipinski definition) is 1. The van der Waals surface area contributed by atoms with Crippen LogP contribution in [0.15, 0.2) is 23.2 Å². The molecular formula is C14H17F2N3. The number of nitrogens with zero attached hydrogens (tertiary/aromatic N) is 1. The minimum Gasteiger partial charge on any atom is -0.357 e. The molecule has 0 aliphatic rings. The summed E-state index contributed by atoms with van der Waals surface area (Å²) in [6, 6.07) is 3.41. The molecule has 1 aromatic carbocycles. The molecule has 0 atom stereocenters. The lowest BCUT2D eigenvalue weighted by Crippen LogP contribution is -2.37. The van der Waals surface area contributed by atoms with E-state index in [4.69, 9.17) is 6.42 Å². The summed E-state index contributed by atoms with van der Waals surface area (Å²) in [5, 5.41) is 5.92. The van der Waals surface area contributed by atoms with Gasteiger partial charge in [0.15, 0.2) is 5.96 Å². The molecule has 0 spiro atoms. The van der Waals surface area contributed by atoms with E-state index in [0.29, 0.717) is 37.6 Å². The van der Waals surface area contributed by atoms with Crippen LogP contribution >= 0.6 is 0 Å². The third-order valence-corrected chi connectivity index (χ3v) is 2.36. The molecule has 1 rings (SSSR count). The van der Waals surface area contributed by atoms with Gasteiger partial charge in [-0.05, 0) is 37.1 Å². The van der Waals surface area contributed by atoms with E-state index in [1.807, 2.05) is 6.92 Å². The van der Waals surface area contributed by atoms with E-state index in [-0.39, 0.29) is 0 Å². The molecule has 1 aromatic rings. The van der Waals surface area contributed by atoms with Gasteiger partial charge in [-0.2, -0.15) is 0 Å². The summed E-state index contributed by atoms with van der Waals surface area (Å²) >= 11 is 0. The number of terminal acetylenes is 1. The van der Waals surface area contributed by atoms with Gasteiger partial charge < -0.3 is 10.6 Å². The van der Waals surface area contributed by atoms with E-state index in [1.165, 1.54) is 6.07 Å². The van der Waals surface area contributed by atoms with Crippen LogP contribution in [0.5, 0.6) is 0 Å². The van der Waals surface area contributed by atoms with Gasteiger partial charge in [-0.15, -0.1) is 6.42 Å². The predicted molar refractivity (Wildman–Crippen MR) is 72.9 cm³/mol. The Morgan fingerprint density at radius 3 is 2.84 bits per heavy atom. The number of benzene rings is 1. The Labute approximate surface area is 112 Å². The Balaban J connectivity index is 2.58. The molecule has 2 N–H and O–H groups in total. The van der Waals surface area contributed by atoms with E-state index in [9.17, 15) is 8.78 Å². The molecule has 0 aliphatic carbocycles. The smallest absolute Gasteiger partial charge is 0.192 e. The first-order chi connectivity index (χ1) is 9.17. The van der Waals surface area contributed by atoms with Crippen molar-refractivity contribution in [2.24, 2.45) is 4.99 Å². The molecule has 0 heterocycles. The number of nitrogens with one attached hydrogen (secondary N) is 2.